The van der Waals surface area contributed by atoms with Gasteiger partial charge in [0.05, 0.1) is 0 Å². The third-order valence-corrected chi connectivity index (χ3v) is 4.63. The molecule has 0 radical (unpaired) electrons. The molecule has 0 atom stereocenters. The van der Waals surface area contributed by atoms with Gasteiger partial charge in [0.2, 0.25) is 0 Å². The van der Waals surface area contributed by atoms with Gasteiger partial charge in [0.25, 0.3) is 0 Å². The van der Waals surface area contributed by atoms with Crippen LogP contribution in [0.5, 0.6) is 0 Å². The van der Waals surface area contributed by atoms with Crippen LogP contribution < -0.4 is 0 Å². The fourth-order valence-corrected chi connectivity index (χ4v) is 2.33. The molecule has 0 bridgehead atoms. The summed E-state index contributed by atoms with van der Waals surface area (Å²) in [5.41, 5.74) is 0. The quantitative estimate of drug-likeness (QED) is 0.436. The molecule has 0 N–H and O–H groups in total. The van der Waals surface area contributed by atoms with Crippen LogP contribution in [-0.4, -0.2) is 27.3 Å². The van der Waals surface area contributed by atoms with Crippen LogP contribution in [0.4, 0.5) is 17.6 Å². The van der Waals surface area contributed by atoms with E-state index in [4.69, 9.17) is 0 Å². The van der Waals surface area contributed by atoms with Gasteiger partial charge < -0.3 is 0 Å². The van der Waals surface area contributed by atoms with Gasteiger partial charge in [-0.25, -0.2) is 0 Å². The van der Waals surface area contributed by atoms with E-state index in [1.807, 2.05) is 0 Å². The molecule has 0 aliphatic rings. The summed E-state index contributed by atoms with van der Waals surface area (Å²) < 4.78 is 97.7. The molecule has 0 fully saturated rings. The lowest BCUT2D eigenvalue weighted by Gasteiger charge is -2.22. The Hall–Kier alpha value is 0.240. The lowest BCUT2D eigenvalue weighted by Crippen LogP contribution is -2.51. The van der Waals surface area contributed by atoms with Gasteiger partial charge in [-0.05, 0) is 25.8 Å². The van der Waals surface area contributed by atoms with Crippen molar-refractivity contribution in [3.05, 3.63) is 0 Å². The molecule has 0 unspecified atom stereocenters. The Morgan fingerprint density at radius 1 is 0.750 bits per heavy atom. The summed E-state index contributed by atoms with van der Waals surface area (Å²) in [7, 11) is -12.5. The van der Waals surface area contributed by atoms with E-state index in [1.54, 1.807) is 0 Å². The second kappa shape index (κ2) is 4.49. The van der Waals surface area contributed by atoms with Crippen molar-refractivity contribution in [1.29, 1.82) is 0 Å². The summed E-state index contributed by atoms with van der Waals surface area (Å²) in [5.74, 6) is 0. The Bertz CT molecular complexity index is 407. The third-order valence-electron chi connectivity index (χ3n) is 1.16. The number of hydrogen-bond acceptors (Lipinski definition) is 8. The van der Waals surface area contributed by atoms with Gasteiger partial charge in [-0.15, -0.1) is 0 Å². The van der Waals surface area contributed by atoms with Crippen LogP contribution in [0.3, 0.4) is 0 Å². The minimum Gasteiger partial charge on any atom is -0.196 e. The zero-order chi connectivity index (χ0) is 13.4. The molecule has 0 saturated heterocycles. The zero-order valence-electron chi connectivity index (χ0n) is 6.67. The molecule has 0 aliphatic heterocycles. The second-order valence-electron chi connectivity index (χ2n) is 2.09. The van der Waals surface area contributed by atoms with Gasteiger partial charge in [-0.2, -0.15) is 41.7 Å². The van der Waals surface area contributed by atoms with Gasteiger partial charge in [0.1, 0.15) is 0 Å². The lowest BCUT2D eigenvalue weighted by atomic mass is 10.7. The van der Waals surface area contributed by atoms with Crippen LogP contribution in [0.15, 0.2) is 0 Å². The van der Waals surface area contributed by atoms with Gasteiger partial charge in [0, 0.05) is 0 Å². The molecular formula is C2H2F4O6S4. The molecule has 98 valence electrons. The molecule has 0 saturated carbocycles. The first-order chi connectivity index (χ1) is 6.87. The van der Waals surface area contributed by atoms with Crippen molar-refractivity contribution < 1.29 is 41.7 Å². The van der Waals surface area contributed by atoms with Crippen molar-refractivity contribution in [3.63, 3.8) is 0 Å². The fraction of sp³-hybridized carbons (Fsp3) is 1.00. The topological polar surface area (TPSA) is 86.7 Å². The summed E-state index contributed by atoms with van der Waals surface area (Å²) in [4.78, 5) is 0. The maximum atomic E-state index is 12.7. The largest absolute Gasteiger partial charge is 0.450 e. The van der Waals surface area contributed by atoms with E-state index < -0.39 is 30.7 Å². The average molecular weight is 326 g/mol. The smallest absolute Gasteiger partial charge is 0.196 e. The second-order valence-corrected chi connectivity index (χ2v) is 6.13. The van der Waals surface area contributed by atoms with Crippen molar-refractivity contribution in [2.24, 2.45) is 0 Å². The maximum absolute atomic E-state index is 12.7. The number of hydrogen-bond donors (Lipinski definition) is 2. The van der Waals surface area contributed by atoms with Crippen LogP contribution in [0.25, 0.3) is 0 Å². The van der Waals surface area contributed by atoms with Gasteiger partial charge >= 0.3 is 30.7 Å². The Kier molecular flexibility index (Phi) is 4.56. The van der Waals surface area contributed by atoms with Crippen LogP contribution in [0, 0.1) is 0 Å². The molecule has 0 rings (SSSR count). The van der Waals surface area contributed by atoms with E-state index in [2.05, 4.69) is 33.1 Å². The molecule has 0 aromatic carbocycles. The molecule has 6 nitrogen and oxygen atoms in total. The fourth-order valence-electron chi connectivity index (χ4n) is 0.385. The zero-order valence-corrected chi connectivity index (χ0v) is 10.1. The van der Waals surface area contributed by atoms with Gasteiger partial charge in [-0.1, -0.05) is 0 Å². The Morgan fingerprint density at radius 2 is 0.938 bits per heavy atom. The summed E-state index contributed by atoms with van der Waals surface area (Å²) in [6.07, 6.45) is 0. The number of alkyl halides is 4. The molecule has 0 heterocycles. The van der Waals surface area contributed by atoms with Crippen LogP contribution >= 0.6 is 25.8 Å². The van der Waals surface area contributed by atoms with Gasteiger partial charge in [0.15, 0.2) is 0 Å². The highest BCUT2D eigenvalue weighted by molar-refractivity contribution is 7.99. The normalized spacial score (nSPS) is 15.1. The highest BCUT2D eigenvalue weighted by Gasteiger charge is 2.75. The summed E-state index contributed by atoms with van der Waals surface area (Å²) in [6.45, 7) is 0. The average Bonchev–Trinajstić information content (AvgIpc) is 2.16. The van der Waals surface area contributed by atoms with Crippen molar-refractivity contribution >= 4 is 46.1 Å². The highest BCUT2D eigenvalue weighted by atomic mass is 32.3. The first-order valence-electron chi connectivity index (χ1n) is 2.78. The number of thiol groups is 2. The number of halogens is 4. The lowest BCUT2D eigenvalue weighted by molar-refractivity contribution is -0.103. The van der Waals surface area contributed by atoms with Crippen LogP contribution in [0.1, 0.15) is 0 Å². The molecule has 0 spiro atoms. The molecule has 0 amide bonds. The predicted octanol–water partition coefficient (Wildman–Crippen LogP) is 0.554. The maximum Gasteiger partial charge on any atom is 0.450 e. The molecule has 0 aliphatic carbocycles. The van der Waals surface area contributed by atoms with Crippen molar-refractivity contribution in [3.8, 4) is 0 Å². The Labute approximate surface area is 98.4 Å². The van der Waals surface area contributed by atoms with E-state index in [-0.39, 0.29) is 0 Å². The van der Waals surface area contributed by atoms with Crippen LogP contribution in [0.2, 0.25) is 0 Å². The standard InChI is InChI=1S/C2H2F4O6S4/c3-1(4,15(7,8)11-13)2(5,6)16(9,10)12-14/h13-14H. The predicted molar refractivity (Wildman–Crippen MR) is 47.9 cm³/mol. The molecular weight excluding hydrogens is 324 g/mol. The van der Waals surface area contributed by atoms with Crippen molar-refractivity contribution in [1.82, 2.24) is 0 Å². The van der Waals surface area contributed by atoms with Gasteiger partial charge in [-0.3, -0.25) is 0 Å². The summed E-state index contributed by atoms with van der Waals surface area (Å²) in [6, 6.07) is 0. The summed E-state index contributed by atoms with van der Waals surface area (Å²) >= 11 is 4.79. The number of rotatable bonds is 5. The Morgan fingerprint density at radius 3 is 1.06 bits per heavy atom. The minimum absolute atomic E-state index is 2.40. The van der Waals surface area contributed by atoms with E-state index in [0.29, 0.717) is 0 Å². The molecule has 0 aromatic heterocycles. The van der Waals surface area contributed by atoms with E-state index in [1.165, 1.54) is 0 Å². The first kappa shape index (κ1) is 16.2. The minimum atomic E-state index is -6.26. The highest BCUT2D eigenvalue weighted by Crippen LogP contribution is 2.44. The Balaban J connectivity index is 5.86. The van der Waals surface area contributed by atoms with Crippen molar-refractivity contribution in [2.45, 2.75) is 10.5 Å². The monoisotopic (exact) mass is 326 g/mol. The van der Waals surface area contributed by atoms with Crippen molar-refractivity contribution in [2.75, 3.05) is 0 Å². The van der Waals surface area contributed by atoms with E-state index in [0.717, 1.165) is 0 Å². The summed E-state index contributed by atoms with van der Waals surface area (Å²) in [5, 5.41) is -12.2. The SMILES string of the molecule is O=S(=O)(OS)C(F)(F)C(F)(F)S(=O)(=O)OS. The van der Waals surface area contributed by atoms with Crippen LogP contribution in [-0.2, 0) is 27.5 Å². The molecule has 0 aromatic rings. The third kappa shape index (κ3) is 2.26. The van der Waals surface area contributed by atoms with E-state index >= 15 is 0 Å². The molecule has 16 heavy (non-hydrogen) atoms. The van der Waals surface area contributed by atoms with E-state index in [9.17, 15) is 34.4 Å². The molecule has 14 heteroatoms. The first-order valence-corrected chi connectivity index (χ1v) is 6.33.